The van der Waals surface area contributed by atoms with E-state index in [0.29, 0.717) is 6.54 Å². The molecule has 0 saturated carbocycles. The van der Waals surface area contributed by atoms with E-state index < -0.39 is 0 Å². The standard InChI is InChI=1S/C12H13N5O/c1-9-12-7-11(18)8-16(17(12)15(2)14-9)10-3-5-13-6-4-10/h3-7H,8H2,1-2H3. The first kappa shape index (κ1) is 10.8. The summed E-state index contributed by atoms with van der Waals surface area (Å²) in [6.45, 7) is 2.20. The molecule has 1 aromatic heterocycles. The summed E-state index contributed by atoms with van der Waals surface area (Å²) in [5.74, 6) is 0.0721. The van der Waals surface area contributed by atoms with Crippen molar-refractivity contribution >= 4 is 17.2 Å². The first-order valence-electron chi connectivity index (χ1n) is 5.68. The van der Waals surface area contributed by atoms with Crippen molar-refractivity contribution in [2.45, 2.75) is 6.92 Å². The molecule has 92 valence electrons. The van der Waals surface area contributed by atoms with Crippen LogP contribution in [-0.4, -0.2) is 40.3 Å². The highest BCUT2D eigenvalue weighted by Gasteiger charge is 2.34. The molecule has 6 nitrogen and oxygen atoms in total. The summed E-state index contributed by atoms with van der Waals surface area (Å²) < 4.78 is 0. The molecule has 6 heteroatoms. The number of pyridine rings is 1. The SMILES string of the molecule is CC1=NN(C)N2C1=CC(=O)CN2c1ccncc1. The number of hydrazine groups is 2. The molecule has 0 amide bonds. The molecule has 0 radical (unpaired) electrons. The molecular formula is C12H13N5O. The zero-order valence-corrected chi connectivity index (χ0v) is 10.2. The van der Waals surface area contributed by atoms with Crippen LogP contribution in [0.3, 0.4) is 0 Å². The Labute approximate surface area is 105 Å². The molecule has 0 spiro atoms. The molecule has 3 heterocycles. The van der Waals surface area contributed by atoms with E-state index in [-0.39, 0.29) is 5.78 Å². The van der Waals surface area contributed by atoms with E-state index in [1.807, 2.05) is 36.2 Å². The summed E-state index contributed by atoms with van der Waals surface area (Å²) in [6, 6.07) is 3.75. The number of carbonyl (C=O) groups is 1. The lowest BCUT2D eigenvalue weighted by Gasteiger charge is -2.40. The largest absolute Gasteiger partial charge is 0.293 e. The number of aromatic nitrogens is 1. The van der Waals surface area contributed by atoms with E-state index in [1.165, 1.54) is 0 Å². The van der Waals surface area contributed by atoms with Crippen molar-refractivity contribution in [2.75, 3.05) is 18.6 Å². The van der Waals surface area contributed by atoms with Crippen LogP contribution >= 0.6 is 0 Å². The van der Waals surface area contributed by atoms with E-state index in [2.05, 4.69) is 10.1 Å². The fourth-order valence-electron chi connectivity index (χ4n) is 2.19. The van der Waals surface area contributed by atoms with Gasteiger partial charge < -0.3 is 0 Å². The molecule has 2 aliphatic rings. The Balaban J connectivity index is 2.04. The van der Waals surface area contributed by atoms with Gasteiger partial charge in [0.25, 0.3) is 0 Å². The highest BCUT2D eigenvalue weighted by atomic mass is 16.1. The van der Waals surface area contributed by atoms with E-state index in [0.717, 1.165) is 17.1 Å². The van der Waals surface area contributed by atoms with Gasteiger partial charge >= 0.3 is 0 Å². The van der Waals surface area contributed by atoms with Crippen molar-refractivity contribution in [1.29, 1.82) is 0 Å². The number of carbonyl (C=O) groups excluding carboxylic acids is 1. The van der Waals surface area contributed by atoms with E-state index in [9.17, 15) is 4.79 Å². The van der Waals surface area contributed by atoms with Gasteiger partial charge in [0.2, 0.25) is 0 Å². The lowest BCUT2D eigenvalue weighted by atomic mass is 10.2. The van der Waals surface area contributed by atoms with Crippen molar-refractivity contribution in [3.8, 4) is 0 Å². The van der Waals surface area contributed by atoms with Crippen LogP contribution in [0, 0.1) is 0 Å². The molecule has 1 aromatic rings. The number of hydrogen-bond donors (Lipinski definition) is 0. The molecule has 0 bridgehead atoms. The van der Waals surface area contributed by atoms with Gasteiger partial charge in [0, 0.05) is 25.5 Å². The second kappa shape index (κ2) is 3.83. The number of hydrazone groups is 1. The Bertz CT molecular complexity index is 551. The molecule has 18 heavy (non-hydrogen) atoms. The minimum absolute atomic E-state index is 0.0721. The average molecular weight is 243 g/mol. The third-order valence-electron chi connectivity index (χ3n) is 2.95. The van der Waals surface area contributed by atoms with Crippen LogP contribution in [0.4, 0.5) is 5.69 Å². The van der Waals surface area contributed by atoms with Crippen molar-refractivity contribution in [3.05, 3.63) is 36.3 Å². The Morgan fingerprint density at radius 3 is 2.72 bits per heavy atom. The van der Waals surface area contributed by atoms with Crippen LogP contribution in [0.1, 0.15) is 6.92 Å². The Kier molecular flexibility index (Phi) is 2.29. The van der Waals surface area contributed by atoms with Crippen molar-refractivity contribution in [3.63, 3.8) is 0 Å². The Morgan fingerprint density at radius 1 is 1.28 bits per heavy atom. The van der Waals surface area contributed by atoms with Crippen molar-refractivity contribution < 1.29 is 4.79 Å². The van der Waals surface area contributed by atoms with Gasteiger partial charge in [0.1, 0.15) is 12.2 Å². The zero-order chi connectivity index (χ0) is 12.7. The number of hydrogen-bond acceptors (Lipinski definition) is 6. The molecule has 0 aliphatic carbocycles. The zero-order valence-electron chi connectivity index (χ0n) is 10.2. The second-order valence-corrected chi connectivity index (χ2v) is 4.22. The predicted molar refractivity (Wildman–Crippen MR) is 67.4 cm³/mol. The first-order chi connectivity index (χ1) is 8.66. The van der Waals surface area contributed by atoms with E-state index in [1.54, 1.807) is 23.6 Å². The van der Waals surface area contributed by atoms with Gasteiger partial charge in [0.05, 0.1) is 11.4 Å². The summed E-state index contributed by atoms with van der Waals surface area (Å²) in [7, 11) is 1.86. The molecule has 3 rings (SSSR count). The fraction of sp³-hybridized carbons (Fsp3) is 0.250. The first-order valence-corrected chi connectivity index (χ1v) is 5.68. The number of anilines is 1. The van der Waals surface area contributed by atoms with Gasteiger partial charge in [-0.2, -0.15) is 15.3 Å². The van der Waals surface area contributed by atoms with Crippen LogP contribution in [0.5, 0.6) is 0 Å². The van der Waals surface area contributed by atoms with Crippen molar-refractivity contribution in [1.82, 2.24) is 15.2 Å². The van der Waals surface area contributed by atoms with E-state index >= 15 is 0 Å². The molecule has 0 atom stereocenters. The quantitative estimate of drug-likeness (QED) is 0.730. The number of ketones is 1. The maximum atomic E-state index is 11.8. The molecule has 0 aromatic carbocycles. The highest BCUT2D eigenvalue weighted by molar-refractivity contribution is 6.07. The minimum Gasteiger partial charge on any atom is -0.293 e. The van der Waals surface area contributed by atoms with Crippen LogP contribution in [0.2, 0.25) is 0 Å². The third kappa shape index (κ3) is 1.54. The topological polar surface area (TPSA) is 52.0 Å². The smallest absolute Gasteiger partial charge is 0.179 e. The molecule has 0 unspecified atom stereocenters. The molecule has 0 saturated heterocycles. The third-order valence-corrected chi connectivity index (χ3v) is 2.95. The van der Waals surface area contributed by atoms with Gasteiger partial charge in [-0.1, -0.05) is 0 Å². The maximum Gasteiger partial charge on any atom is 0.179 e. The van der Waals surface area contributed by atoms with Gasteiger partial charge in [0.15, 0.2) is 5.78 Å². The van der Waals surface area contributed by atoms with Crippen LogP contribution < -0.4 is 5.01 Å². The van der Waals surface area contributed by atoms with Crippen LogP contribution in [0.15, 0.2) is 41.4 Å². The molecule has 2 aliphatic heterocycles. The normalized spacial score (nSPS) is 18.8. The van der Waals surface area contributed by atoms with Gasteiger partial charge in [-0.3, -0.25) is 14.8 Å². The average Bonchev–Trinajstić information content (AvgIpc) is 2.65. The van der Waals surface area contributed by atoms with Gasteiger partial charge in [-0.05, 0) is 19.1 Å². The summed E-state index contributed by atoms with van der Waals surface area (Å²) in [5.41, 5.74) is 2.58. The fourth-order valence-corrected chi connectivity index (χ4v) is 2.19. The number of fused-ring (bicyclic) bond motifs is 1. The minimum atomic E-state index is 0.0721. The number of rotatable bonds is 1. The Morgan fingerprint density at radius 2 is 2.00 bits per heavy atom. The summed E-state index contributed by atoms with van der Waals surface area (Å²) in [6.07, 6.45) is 5.06. The lowest BCUT2D eigenvalue weighted by Crippen LogP contribution is -2.51. The highest BCUT2D eigenvalue weighted by Crippen LogP contribution is 2.28. The maximum absolute atomic E-state index is 11.8. The number of nitrogens with zero attached hydrogens (tertiary/aromatic N) is 5. The monoisotopic (exact) mass is 243 g/mol. The summed E-state index contributed by atoms with van der Waals surface area (Å²) in [5, 5.41) is 9.86. The van der Waals surface area contributed by atoms with Crippen molar-refractivity contribution in [2.24, 2.45) is 5.10 Å². The van der Waals surface area contributed by atoms with E-state index in [4.69, 9.17) is 0 Å². The predicted octanol–water partition coefficient (Wildman–Crippen LogP) is 0.808. The molecule has 0 N–H and O–H groups in total. The van der Waals surface area contributed by atoms with Crippen LogP contribution in [0.25, 0.3) is 0 Å². The van der Waals surface area contributed by atoms with Gasteiger partial charge in [-0.25, -0.2) is 0 Å². The van der Waals surface area contributed by atoms with Gasteiger partial charge in [-0.15, -0.1) is 0 Å². The molecular weight excluding hydrogens is 230 g/mol. The summed E-state index contributed by atoms with van der Waals surface area (Å²) in [4.78, 5) is 15.8. The van der Waals surface area contributed by atoms with Crippen LogP contribution in [-0.2, 0) is 4.79 Å². The number of allylic oxidation sites excluding steroid dienone is 1. The molecule has 0 fully saturated rings. The Hall–Kier alpha value is -2.37. The second-order valence-electron chi connectivity index (χ2n) is 4.22. The lowest BCUT2D eigenvalue weighted by molar-refractivity contribution is -0.115. The summed E-state index contributed by atoms with van der Waals surface area (Å²) >= 11 is 0.